The van der Waals surface area contributed by atoms with Crippen LogP contribution in [-0.2, 0) is 6.18 Å². The zero-order valence-electron chi connectivity index (χ0n) is 10.4. The highest BCUT2D eigenvalue weighted by Gasteiger charge is 2.33. The second-order valence-corrected chi connectivity index (χ2v) is 5.74. The molecule has 0 fully saturated rings. The first-order valence-electron chi connectivity index (χ1n) is 5.61. The SMILES string of the molecule is CC(C)CNC(=S)Nc1ccc(Br)cc1C(F)(F)F. The van der Waals surface area contributed by atoms with Crippen LogP contribution in [0.3, 0.4) is 0 Å². The largest absolute Gasteiger partial charge is 0.418 e. The van der Waals surface area contributed by atoms with Gasteiger partial charge in [0.05, 0.1) is 11.3 Å². The Bertz CT molecular complexity index is 461. The van der Waals surface area contributed by atoms with Crippen molar-refractivity contribution in [3.63, 3.8) is 0 Å². The first-order valence-corrected chi connectivity index (χ1v) is 6.82. The van der Waals surface area contributed by atoms with Crippen LogP contribution in [0.1, 0.15) is 19.4 Å². The Morgan fingerprint density at radius 2 is 2.00 bits per heavy atom. The second-order valence-electron chi connectivity index (χ2n) is 4.42. The van der Waals surface area contributed by atoms with E-state index in [1.165, 1.54) is 12.1 Å². The number of rotatable bonds is 3. The fourth-order valence-corrected chi connectivity index (χ4v) is 1.88. The van der Waals surface area contributed by atoms with Crippen molar-refractivity contribution in [2.75, 3.05) is 11.9 Å². The number of alkyl halides is 3. The molecule has 1 rings (SSSR count). The third-order valence-corrected chi connectivity index (χ3v) is 2.95. The van der Waals surface area contributed by atoms with Gasteiger partial charge < -0.3 is 10.6 Å². The summed E-state index contributed by atoms with van der Waals surface area (Å²) in [5, 5.41) is 5.63. The molecule has 0 heterocycles. The van der Waals surface area contributed by atoms with Crippen LogP contribution in [0.15, 0.2) is 22.7 Å². The normalized spacial score (nSPS) is 11.5. The van der Waals surface area contributed by atoms with E-state index in [4.69, 9.17) is 12.2 Å². The minimum Gasteiger partial charge on any atom is -0.362 e. The lowest BCUT2D eigenvalue weighted by Gasteiger charge is -2.17. The Kier molecular flexibility index (Phi) is 5.61. The smallest absolute Gasteiger partial charge is 0.362 e. The zero-order chi connectivity index (χ0) is 14.6. The number of anilines is 1. The molecule has 2 N–H and O–H groups in total. The molecule has 0 unspecified atom stereocenters. The molecule has 1 aromatic rings. The average Bonchev–Trinajstić information content (AvgIpc) is 2.27. The van der Waals surface area contributed by atoms with Crippen LogP contribution in [0, 0.1) is 5.92 Å². The lowest BCUT2D eigenvalue weighted by atomic mass is 10.1. The molecule has 19 heavy (non-hydrogen) atoms. The first kappa shape index (κ1) is 16.2. The predicted octanol–water partition coefficient (Wildman–Crippen LogP) is 4.41. The summed E-state index contributed by atoms with van der Waals surface area (Å²) in [7, 11) is 0. The van der Waals surface area contributed by atoms with Crippen LogP contribution in [-0.4, -0.2) is 11.7 Å². The third kappa shape index (κ3) is 5.36. The van der Waals surface area contributed by atoms with Crippen LogP contribution in [0.4, 0.5) is 18.9 Å². The first-order chi connectivity index (χ1) is 8.70. The number of hydrogen-bond donors (Lipinski definition) is 2. The monoisotopic (exact) mass is 354 g/mol. The summed E-state index contributed by atoms with van der Waals surface area (Å²) in [6.07, 6.45) is -4.43. The molecule has 0 aliphatic rings. The van der Waals surface area contributed by atoms with E-state index in [2.05, 4.69) is 26.6 Å². The molecule has 0 aliphatic heterocycles. The molecule has 0 spiro atoms. The molecule has 0 aromatic heterocycles. The van der Waals surface area contributed by atoms with Gasteiger partial charge in [-0.05, 0) is 36.3 Å². The molecule has 0 bridgehead atoms. The summed E-state index contributed by atoms with van der Waals surface area (Å²) in [5.74, 6) is 0.353. The van der Waals surface area contributed by atoms with E-state index >= 15 is 0 Å². The Morgan fingerprint density at radius 3 is 2.53 bits per heavy atom. The minimum atomic E-state index is -4.43. The van der Waals surface area contributed by atoms with Crippen LogP contribution in [0.25, 0.3) is 0 Å². The molecule has 0 saturated carbocycles. The van der Waals surface area contributed by atoms with Crippen molar-refractivity contribution in [1.82, 2.24) is 5.32 Å². The number of hydrogen-bond acceptors (Lipinski definition) is 1. The van der Waals surface area contributed by atoms with Gasteiger partial charge in [-0.3, -0.25) is 0 Å². The second kappa shape index (κ2) is 6.56. The van der Waals surface area contributed by atoms with Crippen molar-refractivity contribution in [1.29, 1.82) is 0 Å². The van der Waals surface area contributed by atoms with E-state index in [0.717, 1.165) is 6.07 Å². The fourth-order valence-electron chi connectivity index (χ4n) is 1.32. The van der Waals surface area contributed by atoms with Crippen molar-refractivity contribution in [2.45, 2.75) is 20.0 Å². The van der Waals surface area contributed by atoms with Gasteiger partial charge in [0.1, 0.15) is 0 Å². The molecule has 106 valence electrons. The maximum absolute atomic E-state index is 12.9. The predicted molar refractivity (Wildman–Crippen MR) is 78.2 cm³/mol. The fraction of sp³-hybridized carbons (Fsp3) is 0.417. The summed E-state index contributed by atoms with van der Waals surface area (Å²) in [6, 6.07) is 3.90. The minimum absolute atomic E-state index is 0.0584. The maximum Gasteiger partial charge on any atom is 0.418 e. The lowest BCUT2D eigenvalue weighted by Crippen LogP contribution is -2.32. The highest BCUT2D eigenvalue weighted by molar-refractivity contribution is 9.10. The van der Waals surface area contributed by atoms with Crippen LogP contribution in [0.5, 0.6) is 0 Å². The molecular formula is C12H14BrF3N2S. The van der Waals surface area contributed by atoms with Gasteiger partial charge in [0.2, 0.25) is 0 Å². The highest BCUT2D eigenvalue weighted by atomic mass is 79.9. The third-order valence-electron chi connectivity index (χ3n) is 2.21. The van der Waals surface area contributed by atoms with E-state index < -0.39 is 11.7 Å². The molecule has 0 aliphatic carbocycles. The number of benzene rings is 1. The Hall–Kier alpha value is -0.820. The van der Waals surface area contributed by atoms with Crippen molar-refractivity contribution < 1.29 is 13.2 Å². The van der Waals surface area contributed by atoms with Gasteiger partial charge in [-0.15, -0.1) is 0 Å². The van der Waals surface area contributed by atoms with Gasteiger partial charge in [-0.25, -0.2) is 0 Å². The molecule has 0 saturated heterocycles. The van der Waals surface area contributed by atoms with Crippen molar-refractivity contribution in [3.8, 4) is 0 Å². The van der Waals surface area contributed by atoms with Gasteiger partial charge in [0, 0.05) is 11.0 Å². The summed E-state index contributed by atoms with van der Waals surface area (Å²) in [6.45, 7) is 4.57. The van der Waals surface area contributed by atoms with E-state index in [9.17, 15) is 13.2 Å². The number of nitrogens with one attached hydrogen (secondary N) is 2. The molecule has 0 amide bonds. The topological polar surface area (TPSA) is 24.1 Å². The van der Waals surface area contributed by atoms with Gasteiger partial charge in [-0.2, -0.15) is 13.2 Å². The van der Waals surface area contributed by atoms with Crippen LogP contribution < -0.4 is 10.6 Å². The van der Waals surface area contributed by atoms with E-state index in [1.807, 2.05) is 13.8 Å². The van der Waals surface area contributed by atoms with Gasteiger partial charge in [-0.1, -0.05) is 29.8 Å². The van der Waals surface area contributed by atoms with Gasteiger partial charge >= 0.3 is 6.18 Å². The standard InChI is InChI=1S/C12H14BrF3N2S/c1-7(2)6-17-11(19)18-10-4-3-8(13)5-9(10)12(14,15)16/h3-5,7H,6H2,1-2H3,(H2,17,18,19). The van der Waals surface area contributed by atoms with Crippen molar-refractivity contribution >= 4 is 38.9 Å². The molecular weight excluding hydrogens is 341 g/mol. The lowest BCUT2D eigenvalue weighted by molar-refractivity contribution is -0.136. The van der Waals surface area contributed by atoms with Crippen LogP contribution in [0.2, 0.25) is 0 Å². The van der Waals surface area contributed by atoms with Gasteiger partial charge in [0.15, 0.2) is 5.11 Å². The Labute approximate surface area is 123 Å². The van der Waals surface area contributed by atoms with E-state index in [1.54, 1.807) is 0 Å². The summed E-state index contributed by atoms with van der Waals surface area (Å²) in [5.41, 5.74) is -0.812. The molecule has 0 atom stereocenters. The Morgan fingerprint density at radius 1 is 1.37 bits per heavy atom. The number of thiocarbonyl (C=S) groups is 1. The summed E-state index contributed by atoms with van der Waals surface area (Å²) < 4.78 is 39.0. The highest BCUT2D eigenvalue weighted by Crippen LogP contribution is 2.36. The molecule has 2 nitrogen and oxygen atoms in total. The quantitative estimate of drug-likeness (QED) is 0.786. The Balaban J connectivity index is 2.86. The van der Waals surface area contributed by atoms with Crippen molar-refractivity contribution in [2.24, 2.45) is 5.92 Å². The van der Waals surface area contributed by atoms with Crippen LogP contribution >= 0.6 is 28.1 Å². The molecule has 7 heteroatoms. The summed E-state index contributed by atoms with van der Waals surface area (Å²) in [4.78, 5) is 0. The molecule has 0 radical (unpaired) electrons. The zero-order valence-corrected chi connectivity index (χ0v) is 12.8. The average molecular weight is 355 g/mol. The van der Waals surface area contributed by atoms with Gasteiger partial charge in [0.25, 0.3) is 0 Å². The number of halogens is 4. The summed E-state index contributed by atoms with van der Waals surface area (Å²) >= 11 is 8.00. The van der Waals surface area contributed by atoms with E-state index in [0.29, 0.717) is 16.9 Å². The van der Waals surface area contributed by atoms with E-state index in [-0.39, 0.29) is 10.8 Å². The maximum atomic E-state index is 12.9. The van der Waals surface area contributed by atoms with Crippen molar-refractivity contribution in [3.05, 3.63) is 28.2 Å². The molecule has 1 aromatic carbocycles.